The van der Waals surface area contributed by atoms with Crippen LogP contribution in [-0.2, 0) is 19.6 Å². The van der Waals surface area contributed by atoms with Gasteiger partial charge < -0.3 is 14.1 Å². The molecule has 0 saturated heterocycles. The number of aromatic nitrogens is 5. The van der Waals surface area contributed by atoms with Crippen molar-refractivity contribution in [3.05, 3.63) is 105 Å². The third-order valence-electron chi connectivity index (χ3n) is 6.90. The molecule has 0 fully saturated rings. The van der Waals surface area contributed by atoms with E-state index in [1.807, 2.05) is 55.5 Å². The summed E-state index contributed by atoms with van der Waals surface area (Å²) in [5.74, 6) is 2.27. The average Bonchev–Trinajstić information content (AvgIpc) is 3.58. The SMILES string of the molecule is CC[C@@H](c1nnnn1Cc1ccco1)N(Cc1ccccc1OC)Cc1cc2c(C)cc(C)cc2[nH]c1=O. The minimum absolute atomic E-state index is 0.0995. The second-order valence-corrected chi connectivity index (χ2v) is 9.58. The molecule has 5 rings (SSSR count). The molecule has 0 spiro atoms. The molecule has 3 heterocycles. The maximum Gasteiger partial charge on any atom is 0.252 e. The summed E-state index contributed by atoms with van der Waals surface area (Å²) in [5.41, 5.74) is 4.69. The topological polar surface area (TPSA) is 102 Å². The molecule has 5 aromatic rings. The highest BCUT2D eigenvalue weighted by molar-refractivity contribution is 5.83. The Labute approximate surface area is 221 Å². The first-order valence-corrected chi connectivity index (χ1v) is 12.7. The number of benzene rings is 2. The second-order valence-electron chi connectivity index (χ2n) is 9.58. The number of para-hydroxylation sites is 1. The van der Waals surface area contributed by atoms with E-state index in [0.29, 0.717) is 31.0 Å². The van der Waals surface area contributed by atoms with Crippen LogP contribution in [0.25, 0.3) is 10.9 Å². The number of nitrogens with zero attached hydrogens (tertiary/aromatic N) is 5. The Balaban J connectivity index is 1.56. The molecule has 2 aromatic carbocycles. The average molecular weight is 513 g/mol. The van der Waals surface area contributed by atoms with Crippen molar-refractivity contribution in [3.63, 3.8) is 0 Å². The summed E-state index contributed by atoms with van der Waals surface area (Å²) < 4.78 is 13.0. The van der Waals surface area contributed by atoms with Gasteiger partial charge in [-0.2, -0.15) is 0 Å². The van der Waals surface area contributed by atoms with Gasteiger partial charge in [0.25, 0.3) is 5.56 Å². The number of tetrazole rings is 1. The predicted octanol–water partition coefficient (Wildman–Crippen LogP) is 4.93. The van der Waals surface area contributed by atoms with Gasteiger partial charge in [-0.15, -0.1) is 5.10 Å². The van der Waals surface area contributed by atoms with Gasteiger partial charge in [0, 0.05) is 35.1 Å². The molecule has 9 nitrogen and oxygen atoms in total. The number of ether oxygens (including phenoxy) is 1. The van der Waals surface area contributed by atoms with Crippen LogP contribution in [0.2, 0.25) is 0 Å². The molecule has 0 saturated carbocycles. The van der Waals surface area contributed by atoms with Gasteiger partial charge in [-0.05, 0) is 72.2 Å². The van der Waals surface area contributed by atoms with Gasteiger partial charge in [-0.3, -0.25) is 9.69 Å². The molecule has 9 heteroatoms. The highest BCUT2D eigenvalue weighted by Gasteiger charge is 2.27. The Morgan fingerprint density at radius 2 is 1.89 bits per heavy atom. The zero-order valence-electron chi connectivity index (χ0n) is 22.1. The highest BCUT2D eigenvalue weighted by atomic mass is 16.5. The van der Waals surface area contributed by atoms with Crippen LogP contribution in [0.5, 0.6) is 5.75 Å². The van der Waals surface area contributed by atoms with Crippen LogP contribution in [0.4, 0.5) is 0 Å². The van der Waals surface area contributed by atoms with E-state index in [4.69, 9.17) is 9.15 Å². The van der Waals surface area contributed by atoms with Gasteiger partial charge in [0.1, 0.15) is 18.1 Å². The van der Waals surface area contributed by atoms with Crippen molar-refractivity contribution >= 4 is 10.9 Å². The Hall–Kier alpha value is -4.24. The Bertz CT molecular complexity index is 1590. The van der Waals surface area contributed by atoms with E-state index in [1.54, 1.807) is 18.1 Å². The maximum absolute atomic E-state index is 13.3. The lowest BCUT2D eigenvalue weighted by Crippen LogP contribution is -2.32. The molecule has 0 amide bonds. The van der Waals surface area contributed by atoms with Gasteiger partial charge in [0.05, 0.1) is 19.4 Å². The van der Waals surface area contributed by atoms with Crippen molar-refractivity contribution < 1.29 is 9.15 Å². The maximum atomic E-state index is 13.3. The van der Waals surface area contributed by atoms with E-state index in [1.165, 1.54) is 0 Å². The summed E-state index contributed by atoms with van der Waals surface area (Å²) in [6, 6.07) is 17.7. The minimum Gasteiger partial charge on any atom is -0.496 e. The molecular weight excluding hydrogens is 480 g/mol. The second kappa shape index (κ2) is 11.0. The van der Waals surface area contributed by atoms with Gasteiger partial charge in [0.15, 0.2) is 5.82 Å². The van der Waals surface area contributed by atoms with Crippen LogP contribution in [0.3, 0.4) is 0 Å². The van der Waals surface area contributed by atoms with Gasteiger partial charge in [-0.1, -0.05) is 31.2 Å². The van der Waals surface area contributed by atoms with Crippen molar-refractivity contribution in [2.75, 3.05) is 7.11 Å². The minimum atomic E-state index is -0.168. The molecule has 38 heavy (non-hydrogen) atoms. The summed E-state index contributed by atoms with van der Waals surface area (Å²) in [6.45, 7) is 7.57. The first-order valence-electron chi connectivity index (χ1n) is 12.7. The normalized spacial score (nSPS) is 12.3. The largest absolute Gasteiger partial charge is 0.496 e. The number of hydrogen-bond donors (Lipinski definition) is 1. The van der Waals surface area contributed by atoms with Crippen LogP contribution in [0.1, 0.15) is 53.2 Å². The number of aryl methyl sites for hydroxylation is 2. The number of rotatable bonds is 10. The number of methoxy groups -OCH3 is 1. The molecule has 0 aliphatic heterocycles. The monoisotopic (exact) mass is 512 g/mol. The molecule has 0 radical (unpaired) electrons. The lowest BCUT2D eigenvalue weighted by atomic mass is 10.0. The first-order chi connectivity index (χ1) is 18.5. The molecule has 1 N–H and O–H groups in total. The number of pyridine rings is 1. The van der Waals surface area contributed by atoms with Crippen LogP contribution >= 0.6 is 0 Å². The van der Waals surface area contributed by atoms with E-state index >= 15 is 0 Å². The zero-order chi connectivity index (χ0) is 26.6. The molecule has 0 aliphatic carbocycles. The van der Waals surface area contributed by atoms with Crippen LogP contribution in [-0.4, -0.2) is 37.2 Å². The lowest BCUT2D eigenvalue weighted by molar-refractivity contribution is 0.159. The summed E-state index contributed by atoms with van der Waals surface area (Å²) in [7, 11) is 1.67. The Kier molecular flexibility index (Phi) is 7.37. The number of nitrogens with one attached hydrogen (secondary N) is 1. The van der Waals surface area contributed by atoms with Crippen LogP contribution in [0, 0.1) is 13.8 Å². The predicted molar refractivity (Wildman–Crippen MR) is 145 cm³/mol. The molecule has 0 bridgehead atoms. The number of aromatic amines is 1. The quantitative estimate of drug-likeness (QED) is 0.283. The smallest absolute Gasteiger partial charge is 0.252 e. The fourth-order valence-electron chi connectivity index (χ4n) is 5.10. The Morgan fingerprint density at radius 3 is 2.66 bits per heavy atom. The third-order valence-corrected chi connectivity index (χ3v) is 6.90. The van der Waals surface area contributed by atoms with Crippen molar-refractivity contribution in [2.45, 2.75) is 52.9 Å². The summed E-state index contributed by atoms with van der Waals surface area (Å²) in [4.78, 5) is 18.6. The van der Waals surface area contributed by atoms with E-state index in [0.717, 1.165) is 45.5 Å². The van der Waals surface area contributed by atoms with E-state index in [2.05, 4.69) is 45.3 Å². The van der Waals surface area contributed by atoms with Gasteiger partial charge in [-0.25, -0.2) is 4.68 Å². The lowest BCUT2D eigenvalue weighted by Gasteiger charge is -2.30. The van der Waals surface area contributed by atoms with Crippen molar-refractivity contribution in [1.29, 1.82) is 0 Å². The third kappa shape index (κ3) is 5.24. The van der Waals surface area contributed by atoms with Crippen LogP contribution in [0.15, 0.2) is 70.1 Å². The number of furan rings is 1. The highest BCUT2D eigenvalue weighted by Crippen LogP contribution is 2.30. The van der Waals surface area contributed by atoms with Crippen molar-refractivity contribution in [2.24, 2.45) is 0 Å². The summed E-state index contributed by atoms with van der Waals surface area (Å²) in [5, 5.41) is 13.7. The van der Waals surface area contributed by atoms with E-state index in [9.17, 15) is 4.79 Å². The summed E-state index contributed by atoms with van der Waals surface area (Å²) in [6.07, 6.45) is 2.37. The number of fused-ring (bicyclic) bond motifs is 1. The van der Waals surface area contributed by atoms with Crippen LogP contribution < -0.4 is 10.3 Å². The molecule has 1 atom stereocenters. The number of hydrogen-bond acceptors (Lipinski definition) is 7. The van der Waals surface area contributed by atoms with E-state index in [-0.39, 0.29) is 11.6 Å². The molecule has 3 aromatic heterocycles. The first kappa shape index (κ1) is 25.4. The Morgan fingerprint density at radius 1 is 1.08 bits per heavy atom. The van der Waals surface area contributed by atoms with Gasteiger partial charge >= 0.3 is 0 Å². The number of H-pyrrole nitrogens is 1. The molecular formula is C29H32N6O3. The van der Waals surface area contributed by atoms with Gasteiger partial charge in [0.2, 0.25) is 0 Å². The standard InChI is InChI=1S/C29H32N6O3/c1-5-26(28-31-32-33-35(28)18-23-10-8-12-38-23)34(16-21-9-6-7-11-27(21)37-4)17-22-15-24-20(3)13-19(2)14-25(24)30-29(22)36/h6-15,26H,5,16-18H2,1-4H3,(H,30,36)/t26-/m0/s1. The van der Waals surface area contributed by atoms with E-state index < -0.39 is 0 Å². The fraction of sp³-hybridized carbons (Fsp3) is 0.310. The van der Waals surface area contributed by atoms with Crippen molar-refractivity contribution in [1.82, 2.24) is 30.1 Å². The summed E-state index contributed by atoms with van der Waals surface area (Å²) >= 11 is 0. The fourth-order valence-corrected chi connectivity index (χ4v) is 5.10. The molecule has 196 valence electrons. The molecule has 0 aliphatic rings. The molecule has 0 unspecified atom stereocenters. The zero-order valence-corrected chi connectivity index (χ0v) is 22.1. The van der Waals surface area contributed by atoms with Crippen molar-refractivity contribution in [3.8, 4) is 5.75 Å².